The standard InChI is InChI=1S/C24H21N5O3S/c1-4-15-5-7-16(8-6-15)23-28-19-13-17(9-11-20(19)29(23)2)27-24(30)22-21(33(3,31)32)12-10-18(14-25)26-22/h5-13H,4H2,1-3H3,(H,27,30). The maximum absolute atomic E-state index is 12.9. The van der Waals surface area contributed by atoms with Crippen molar-refractivity contribution in [3.63, 3.8) is 0 Å². The lowest BCUT2D eigenvalue weighted by molar-refractivity contribution is 0.101. The SMILES string of the molecule is CCc1ccc(-c2nc3cc(NC(=O)c4nc(C#N)ccc4S(C)(=O)=O)ccc3n2C)cc1. The predicted octanol–water partition coefficient (Wildman–Crippen LogP) is 3.73. The van der Waals surface area contributed by atoms with Crippen molar-refractivity contribution in [3.8, 4) is 17.5 Å². The maximum Gasteiger partial charge on any atom is 0.275 e. The first-order valence-electron chi connectivity index (χ1n) is 10.2. The highest BCUT2D eigenvalue weighted by atomic mass is 32.2. The lowest BCUT2D eigenvalue weighted by Crippen LogP contribution is -2.18. The molecule has 0 atom stereocenters. The van der Waals surface area contributed by atoms with Gasteiger partial charge in [-0.05, 0) is 42.3 Å². The molecule has 0 saturated heterocycles. The second-order valence-corrected chi connectivity index (χ2v) is 9.61. The van der Waals surface area contributed by atoms with Gasteiger partial charge in [0.15, 0.2) is 9.84 Å². The van der Waals surface area contributed by atoms with Crippen LogP contribution < -0.4 is 5.32 Å². The van der Waals surface area contributed by atoms with E-state index in [0.29, 0.717) is 11.2 Å². The van der Waals surface area contributed by atoms with Crippen LogP contribution in [0.5, 0.6) is 0 Å². The second-order valence-electron chi connectivity index (χ2n) is 7.63. The highest BCUT2D eigenvalue weighted by Gasteiger charge is 2.22. The average Bonchev–Trinajstić information content (AvgIpc) is 3.13. The summed E-state index contributed by atoms with van der Waals surface area (Å²) in [4.78, 5) is 21.3. The van der Waals surface area contributed by atoms with Crippen LogP contribution in [0.25, 0.3) is 22.4 Å². The van der Waals surface area contributed by atoms with Crippen molar-refractivity contribution in [2.75, 3.05) is 11.6 Å². The monoisotopic (exact) mass is 459 g/mol. The van der Waals surface area contributed by atoms with Gasteiger partial charge < -0.3 is 9.88 Å². The zero-order valence-corrected chi connectivity index (χ0v) is 19.1. The molecular weight excluding hydrogens is 438 g/mol. The summed E-state index contributed by atoms with van der Waals surface area (Å²) in [6.45, 7) is 2.10. The van der Waals surface area contributed by atoms with Gasteiger partial charge in [-0.1, -0.05) is 31.2 Å². The molecule has 0 aliphatic heterocycles. The fraction of sp³-hybridized carbons (Fsp3) is 0.167. The topological polar surface area (TPSA) is 118 Å². The molecule has 0 aliphatic rings. The summed E-state index contributed by atoms with van der Waals surface area (Å²) in [6.07, 6.45) is 1.94. The van der Waals surface area contributed by atoms with E-state index in [2.05, 4.69) is 29.4 Å². The molecule has 8 nitrogen and oxygen atoms in total. The van der Waals surface area contributed by atoms with Gasteiger partial charge in [-0.3, -0.25) is 4.79 Å². The Bertz CT molecular complexity index is 1530. The molecule has 0 spiro atoms. The van der Waals surface area contributed by atoms with Gasteiger partial charge in [-0.2, -0.15) is 5.26 Å². The Kier molecular flexibility index (Phi) is 5.70. The van der Waals surface area contributed by atoms with Crippen molar-refractivity contribution >= 4 is 32.5 Å². The molecule has 166 valence electrons. The van der Waals surface area contributed by atoms with Crippen LogP contribution in [0.3, 0.4) is 0 Å². The molecule has 2 aromatic heterocycles. The molecule has 0 radical (unpaired) electrons. The number of aryl methyl sites for hydroxylation is 2. The second kappa shape index (κ2) is 8.48. The average molecular weight is 460 g/mol. The van der Waals surface area contributed by atoms with E-state index in [4.69, 9.17) is 10.2 Å². The fourth-order valence-corrected chi connectivity index (χ4v) is 4.39. The van der Waals surface area contributed by atoms with Gasteiger partial charge in [0.1, 0.15) is 23.3 Å². The summed E-state index contributed by atoms with van der Waals surface area (Å²) >= 11 is 0. The quantitative estimate of drug-likeness (QED) is 0.486. The highest BCUT2D eigenvalue weighted by molar-refractivity contribution is 7.90. The number of anilines is 1. The largest absolute Gasteiger partial charge is 0.327 e. The number of fused-ring (bicyclic) bond motifs is 1. The van der Waals surface area contributed by atoms with Crippen LogP contribution in [-0.2, 0) is 23.3 Å². The van der Waals surface area contributed by atoms with Gasteiger partial charge >= 0.3 is 0 Å². The lowest BCUT2D eigenvalue weighted by Gasteiger charge is -2.09. The Balaban J connectivity index is 1.69. The van der Waals surface area contributed by atoms with Crippen LogP contribution in [-0.4, -0.2) is 35.1 Å². The van der Waals surface area contributed by atoms with Crippen LogP contribution in [0.1, 0.15) is 28.7 Å². The first-order valence-corrected chi connectivity index (χ1v) is 12.1. The summed E-state index contributed by atoms with van der Waals surface area (Å²) < 4.78 is 26.1. The molecule has 0 saturated carbocycles. The highest BCUT2D eigenvalue weighted by Crippen LogP contribution is 2.26. The molecule has 4 rings (SSSR count). The van der Waals surface area contributed by atoms with Gasteiger partial charge in [0, 0.05) is 24.6 Å². The number of rotatable bonds is 5. The van der Waals surface area contributed by atoms with Crippen LogP contribution in [0, 0.1) is 11.3 Å². The zero-order valence-electron chi connectivity index (χ0n) is 18.3. The number of sulfone groups is 1. The molecule has 0 aliphatic carbocycles. The summed E-state index contributed by atoms with van der Waals surface area (Å²) in [5, 5.41) is 11.8. The Labute approximate surface area is 191 Å². The summed E-state index contributed by atoms with van der Waals surface area (Å²) in [7, 11) is -1.79. The van der Waals surface area contributed by atoms with E-state index in [0.717, 1.165) is 29.6 Å². The van der Waals surface area contributed by atoms with E-state index in [9.17, 15) is 13.2 Å². The van der Waals surface area contributed by atoms with Gasteiger partial charge in [0.05, 0.1) is 15.9 Å². The normalized spacial score (nSPS) is 11.3. The number of hydrogen-bond acceptors (Lipinski definition) is 6. The number of carbonyl (C=O) groups excluding carboxylic acids is 1. The molecule has 1 N–H and O–H groups in total. The van der Waals surface area contributed by atoms with Gasteiger partial charge in [0.2, 0.25) is 0 Å². The third kappa shape index (κ3) is 4.33. The number of hydrogen-bond donors (Lipinski definition) is 1. The fourth-order valence-electron chi connectivity index (χ4n) is 3.59. The molecule has 2 aromatic carbocycles. The van der Waals surface area contributed by atoms with Gasteiger partial charge in [-0.25, -0.2) is 18.4 Å². The molecular formula is C24H21N5O3S. The van der Waals surface area contributed by atoms with Crippen molar-refractivity contribution in [1.82, 2.24) is 14.5 Å². The molecule has 0 fully saturated rings. The Hall–Kier alpha value is -4.03. The minimum absolute atomic E-state index is 0.0496. The number of imidazole rings is 1. The molecule has 33 heavy (non-hydrogen) atoms. The van der Waals surface area contributed by atoms with Crippen molar-refractivity contribution in [2.45, 2.75) is 18.2 Å². The van der Waals surface area contributed by atoms with Crippen molar-refractivity contribution in [1.29, 1.82) is 5.26 Å². The van der Waals surface area contributed by atoms with Crippen molar-refractivity contribution < 1.29 is 13.2 Å². The van der Waals surface area contributed by atoms with E-state index < -0.39 is 15.7 Å². The van der Waals surface area contributed by atoms with Crippen molar-refractivity contribution in [2.24, 2.45) is 7.05 Å². The minimum Gasteiger partial charge on any atom is -0.327 e. The number of pyridine rings is 1. The zero-order chi connectivity index (χ0) is 23.8. The summed E-state index contributed by atoms with van der Waals surface area (Å²) in [6, 6.07) is 17.8. The minimum atomic E-state index is -3.72. The summed E-state index contributed by atoms with van der Waals surface area (Å²) in [5.41, 5.74) is 3.83. The molecule has 4 aromatic rings. The third-order valence-electron chi connectivity index (χ3n) is 5.35. The van der Waals surface area contributed by atoms with Gasteiger partial charge in [0.25, 0.3) is 5.91 Å². The molecule has 0 unspecified atom stereocenters. The third-order valence-corrected chi connectivity index (χ3v) is 6.47. The van der Waals surface area contributed by atoms with Crippen LogP contribution in [0.4, 0.5) is 5.69 Å². The molecule has 1 amide bonds. The molecule has 9 heteroatoms. The number of benzene rings is 2. The molecule has 0 bridgehead atoms. The van der Waals surface area contributed by atoms with E-state index in [1.165, 1.54) is 17.7 Å². The first kappa shape index (κ1) is 22.2. The van der Waals surface area contributed by atoms with Crippen molar-refractivity contribution in [3.05, 3.63) is 71.5 Å². The van der Waals surface area contributed by atoms with Crippen LogP contribution in [0.15, 0.2) is 59.5 Å². The van der Waals surface area contributed by atoms with Gasteiger partial charge in [-0.15, -0.1) is 0 Å². The molecule has 2 heterocycles. The smallest absolute Gasteiger partial charge is 0.275 e. The number of amides is 1. The number of aromatic nitrogens is 3. The first-order chi connectivity index (χ1) is 15.7. The number of carbonyl (C=O) groups is 1. The lowest BCUT2D eigenvalue weighted by atomic mass is 10.1. The van der Waals surface area contributed by atoms with Crippen LogP contribution in [0.2, 0.25) is 0 Å². The van der Waals surface area contributed by atoms with Crippen LogP contribution >= 0.6 is 0 Å². The number of nitrogens with one attached hydrogen (secondary N) is 1. The van der Waals surface area contributed by atoms with E-state index in [-0.39, 0.29) is 16.3 Å². The van der Waals surface area contributed by atoms with E-state index in [1.54, 1.807) is 12.1 Å². The van der Waals surface area contributed by atoms with E-state index >= 15 is 0 Å². The maximum atomic E-state index is 12.9. The van der Waals surface area contributed by atoms with E-state index in [1.807, 2.05) is 35.9 Å². The Morgan fingerprint density at radius 1 is 1.09 bits per heavy atom. The number of nitriles is 1. The Morgan fingerprint density at radius 3 is 2.45 bits per heavy atom. The predicted molar refractivity (Wildman–Crippen MR) is 126 cm³/mol. The summed E-state index contributed by atoms with van der Waals surface area (Å²) in [5.74, 6) is 0.0667. The number of nitrogens with zero attached hydrogens (tertiary/aromatic N) is 4. The Morgan fingerprint density at radius 2 is 1.82 bits per heavy atom.